The van der Waals surface area contributed by atoms with Crippen LogP contribution in [0.15, 0.2) is 12.3 Å². The van der Waals surface area contributed by atoms with Crippen LogP contribution in [0.3, 0.4) is 0 Å². The van der Waals surface area contributed by atoms with Crippen molar-refractivity contribution in [3.8, 4) is 0 Å². The van der Waals surface area contributed by atoms with Gasteiger partial charge < -0.3 is 10.2 Å². The fourth-order valence-corrected chi connectivity index (χ4v) is 2.64. The molecular weight excluding hydrogens is 232 g/mol. The van der Waals surface area contributed by atoms with Crippen molar-refractivity contribution in [2.24, 2.45) is 0 Å². The summed E-state index contributed by atoms with van der Waals surface area (Å²) < 4.78 is 0. The summed E-state index contributed by atoms with van der Waals surface area (Å²) in [5.41, 5.74) is 0. The van der Waals surface area contributed by atoms with Gasteiger partial charge in [0, 0.05) is 6.61 Å². The second-order valence-corrected chi connectivity index (χ2v) is 5.56. The molecule has 0 fully saturated rings. The third-order valence-electron chi connectivity index (χ3n) is 2.71. The molecule has 3 heteroatoms. The molecule has 0 aromatic carbocycles. The lowest BCUT2D eigenvalue weighted by atomic mass is 10.1. The van der Waals surface area contributed by atoms with E-state index in [0.717, 1.165) is 24.9 Å². The van der Waals surface area contributed by atoms with E-state index in [9.17, 15) is 0 Å². The first-order chi connectivity index (χ1) is 8.41. The highest BCUT2D eigenvalue weighted by Crippen LogP contribution is 2.11. The number of hydrogen-bond donors (Lipinski definition) is 2. The van der Waals surface area contributed by atoms with Gasteiger partial charge in [0.25, 0.3) is 0 Å². The molecule has 0 aromatic heterocycles. The lowest BCUT2D eigenvalue weighted by Crippen LogP contribution is -1.88. The Hall–Kier alpha value is -0.150. The molecule has 0 aliphatic carbocycles. The van der Waals surface area contributed by atoms with Gasteiger partial charge in [0.15, 0.2) is 0 Å². The van der Waals surface area contributed by atoms with Crippen LogP contribution in [0.4, 0.5) is 0 Å². The Morgan fingerprint density at radius 3 is 2.00 bits per heavy atom. The molecule has 0 saturated heterocycles. The van der Waals surface area contributed by atoms with Crippen LogP contribution in [0.2, 0.25) is 0 Å². The fourth-order valence-electron chi connectivity index (χ4n) is 1.69. The maximum atomic E-state index is 8.61. The van der Waals surface area contributed by atoms with Crippen LogP contribution in [0.1, 0.15) is 57.8 Å². The molecule has 0 rings (SSSR count). The van der Waals surface area contributed by atoms with Gasteiger partial charge in [-0.3, -0.25) is 0 Å². The Balaban J connectivity index is 2.89. The van der Waals surface area contributed by atoms with Crippen LogP contribution >= 0.6 is 11.8 Å². The smallest absolute Gasteiger partial charge is 0.0751 e. The molecule has 0 heterocycles. The number of aliphatic hydroxyl groups excluding tert-OH is 2. The summed E-state index contributed by atoms with van der Waals surface area (Å²) in [6, 6.07) is 0. The Bertz CT molecular complexity index is 160. The van der Waals surface area contributed by atoms with Gasteiger partial charge in [-0.1, -0.05) is 38.2 Å². The van der Waals surface area contributed by atoms with Crippen molar-refractivity contribution in [1.29, 1.82) is 0 Å². The SMILES string of the molecule is OC=CCCCCCCCCCSCCCO. The Kier molecular flexibility index (Phi) is 15.7. The number of thioether (sulfide) groups is 1. The van der Waals surface area contributed by atoms with Crippen molar-refractivity contribution in [3.05, 3.63) is 12.3 Å². The summed E-state index contributed by atoms with van der Waals surface area (Å²) in [5, 5.41) is 17.1. The average molecular weight is 260 g/mol. The molecule has 0 unspecified atom stereocenters. The van der Waals surface area contributed by atoms with E-state index in [-0.39, 0.29) is 0 Å². The molecule has 0 saturated carbocycles. The highest BCUT2D eigenvalue weighted by atomic mass is 32.2. The molecule has 0 spiro atoms. The lowest BCUT2D eigenvalue weighted by molar-refractivity contribution is 0.296. The molecule has 0 bridgehead atoms. The van der Waals surface area contributed by atoms with E-state index in [1.807, 2.05) is 17.8 Å². The van der Waals surface area contributed by atoms with Crippen LogP contribution in [-0.2, 0) is 0 Å². The third-order valence-corrected chi connectivity index (χ3v) is 3.87. The van der Waals surface area contributed by atoms with Gasteiger partial charge in [0.2, 0.25) is 0 Å². The second kappa shape index (κ2) is 15.9. The molecule has 0 radical (unpaired) electrons. The number of aliphatic hydroxyl groups is 2. The van der Waals surface area contributed by atoms with E-state index in [0.29, 0.717) is 6.61 Å². The summed E-state index contributed by atoms with van der Waals surface area (Å²) in [7, 11) is 0. The molecule has 0 aliphatic heterocycles. The zero-order valence-electron chi connectivity index (χ0n) is 10.9. The first-order valence-corrected chi connectivity index (χ1v) is 8.05. The minimum atomic E-state index is 0.332. The van der Waals surface area contributed by atoms with Gasteiger partial charge in [-0.05, 0) is 37.2 Å². The van der Waals surface area contributed by atoms with E-state index in [2.05, 4.69) is 0 Å². The summed E-state index contributed by atoms with van der Waals surface area (Å²) in [5.74, 6) is 2.36. The molecule has 0 atom stereocenters. The maximum Gasteiger partial charge on any atom is 0.0751 e. The summed E-state index contributed by atoms with van der Waals surface area (Å²) in [4.78, 5) is 0. The average Bonchev–Trinajstić information content (AvgIpc) is 2.35. The topological polar surface area (TPSA) is 40.5 Å². The van der Waals surface area contributed by atoms with Crippen molar-refractivity contribution in [1.82, 2.24) is 0 Å². The quantitative estimate of drug-likeness (QED) is 0.383. The Labute approximate surface area is 111 Å². The van der Waals surface area contributed by atoms with E-state index in [4.69, 9.17) is 10.2 Å². The summed E-state index contributed by atoms with van der Waals surface area (Å²) >= 11 is 1.96. The highest BCUT2D eigenvalue weighted by Gasteiger charge is 1.92. The highest BCUT2D eigenvalue weighted by molar-refractivity contribution is 7.99. The van der Waals surface area contributed by atoms with Gasteiger partial charge >= 0.3 is 0 Å². The Morgan fingerprint density at radius 1 is 0.765 bits per heavy atom. The van der Waals surface area contributed by atoms with Crippen molar-refractivity contribution in [3.63, 3.8) is 0 Å². The van der Waals surface area contributed by atoms with Crippen LogP contribution in [-0.4, -0.2) is 28.3 Å². The normalized spacial score (nSPS) is 11.4. The first-order valence-electron chi connectivity index (χ1n) is 6.89. The van der Waals surface area contributed by atoms with Crippen LogP contribution in [0.25, 0.3) is 0 Å². The van der Waals surface area contributed by atoms with Crippen molar-refractivity contribution in [2.75, 3.05) is 18.1 Å². The lowest BCUT2D eigenvalue weighted by Gasteiger charge is -2.02. The molecular formula is C14H28O2S. The monoisotopic (exact) mass is 260 g/mol. The van der Waals surface area contributed by atoms with Crippen molar-refractivity contribution >= 4 is 11.8 Å². The summed E-state index contributed by atoms with van der Waals surface area (Å²) in [6.07, 6.45) is 14.1. The van der Waals surface area contributed by atoms with Crippen molar-refractivity contribution < 1.29 is 10.2 Å². The number of unbranched alkanes of at least 4 members (excludes halogenated alkanes) is 7. The molecule has 0 amide bonds. The second-order valence-electron chi connectivity index (χ2n) is 4.34. The number of rotatable bonds is 13. The predicted molar refractivity (Wildman–Crippen MR) is 77.7 cm³/mol. The summed E-state index contributed by atoms with van der Waals surface area (Å²) in [6.45, 7) is 0.332. The van der Waals surface area contributed by atoms with Gasteiger partial charge in [-0.15, -0.1) is 0 Å². The van der Waals surface area contributed by atoms with E-state index in [1.165, 1.54) is 50.7 Å². The van der Waals surface area contributed by atoms with Gasteiger partial charge in [-0.2, -0.15) is 11.8 Å². The zero-order valence-corrected chi connectivity index (χ0v) is 11.8. The zero-order chi connectivity index (χ0) is 12.6. The molecule has 102 valence electrons. The van der Waals surface area contributed by atoms with Gasteiger partial charge in [0.05, 0.1) is 6.26 Å². The van der Waals surface area contributed by atoms with Crippen molar-refractivity contribution in [2.45, 2.75) is 57.8 Å². The minimum absolute atomic E-state index is 0.332. The fraction of sp³-hybridized carbons (Fsp3) is 0.857. The standard InChI is InChI=1S/C14H28O2S/c15-11-8-6-4-2-1-3-5-7-9-13-17-14-10-12-16/h8,11,15-16H,1-7,9-10,12-14H2. The van der Waals surface area contributed by atoms with Gasteiger partial charge in [-0.25, -0.2) is 0 Å². The number of hydrogen-bond acceptors (Lipinski definition) is 3. The maximum absolute atomic E-state index is 8.61. The molecule has 2 N–H and O–H groups in total. The van der Waals surface area contributed by atoms with E-state index >= 15 is 0 Å². The molecule has 2 nitrogen and oxygen atoms in total. The van der Waals surface area contributed by atoms with Crippen LogP contribution in [0.5, 0.6) is 0 Å². The van der Waals surface area contributed by atoms with E-state index < -0.39 is 0 Å². The van der Waals surface area contributed by atoms with Gasteiger partial charge in [0.1, 0.15) is 0 Å². The molecule has 0 aliphatic rings. The number of allylic oxidation sites excluding steroid dienone is 1. The van der Waals surface area contributed by atoms with E-state index in [1.54, 1.807) is 0 Å². The molecule has 17 heavy (non-hydrogen) atoms. The third kappa shape index (κ3) is 15.9. The Morgan fingerprint density at radius 2 is 1.35 bits per heavy atom. The van der Waals surface area contributed by atoms with Crippen LogP contribution in [0, 0.1) is 0 Å². The molecule has 0 aromatic rings. The van der Waals surface area contributed by atoms with Crippen LogP contribution < -0.4 is 0 Å². The largest absolute Gasteiger partial charge is 0.516 e. The predicted octanol–water partition coefficient (Wildman–Crippen LogP) is 4.29. The first kappa shape index (κ1) is 16.9. The minimum Gasteiger partial charge on any atom is -0.516 e.